The lowest BCUT2D eigenvalue weighted by atomic mass is 10.1. The van der Waals surface area contributed by atoms with Gasteiger partial charge in [0.25, 0.3) is 5.69 Å². The van der Waals surface area contributed by atoms with Crippen LogP contribution in [0.15, 0.2) is 42.5 Å². The van der Waals surface area contributed by atoms with Gasteiger partial charge in [0, 0.05) is 11.8 Å². The third-order valence-corrected chi connectivity index (χ3v) is 3.23. The molecule has 0 aliphatic rings. The first-order valence-electron chi connectivity index (χ1n) is 6.36. The van der Waals surface area contributed by atoms with Crippen LogP contribution in [-0.4, -0.2) is 10.0 Å². The second kappa shape index (κ2) is 6.32. The van der Waals surface area contributed by atoms with E-state index in [1.807, 2.05) is 31.2 Å². The van der Waals surface area contributed by atoms with E-state index in [-0.39, 0.29) is 5.69 Å². The molecule has 0 atom stereocenters. The van der Waals surface area contributed by atoms with Crippen molar-refractivity contribution in [1.29, 1.82) is 0 Å². The van der Waals surface area contributed by atoms with Gasteiger partial charge in [0.1, 0.15) is 0 Å². The number of hydrogen-bond acceptors (Lipinski definition) is 3. The van der Waals surface area contributed by atoms with Gasteiger partial charge in [0.05, 0.1) is 16.2 Å². The maximum absolute atomic E-state index is 10.9. The van der Waals surface area contributed by atoms with Gasteiger partial charge in [-0.05, 0) is 49.8 Å². The average Bonchev–Trinajstić information content (AvgIpc) is 2.40. The Kier molecular flexibility index (Phi) is 4.49. The van der Waals surface area contributed by atoms with Crippen LogP contribution in [0.1, 0.15) is 11.1 Å². The molecular weight excluding hydrogens is 286 g/mol. The fourth-order valence-corrected chi connectivity index (χ4v) is 2.19. The monoisotopic (exact) mass is 301 g/mol. The number of thiocarbonyl (C=S) groups is 1. The van der Waals surface area contributed by atoms with Crippen LogP contribution in [0, 0.1) is 24.0 Å². The summed E-state index contributed by atoms with van der Waals surface area (Å²) in [5.41, 5.74) is 3.23. The third kappa shape index (κ3) is 3.76. The molecule has 0 aromatic heterocycles. The molecule has 2 aromatic carbocycles. The maximum atomic E-state index is 10.9. The molecule has 108 valence electrons. The van der Waals surface area contributed by atoms with Crippen LogP contribution in [0.25, 0.3) is 0 Å². The van der Waals surface area contributed by atoms with Gasteiger partial charge in [-0.2, -0.15) is 0 Å². The lowest BCUT2D eigenvalue weighted by Gasteiger charge is -2.12. The van der Waals surface area contributed by atoms with Crippen LogP contribution in [0.4, 0.5) is 17.1 Å². The number of nitro groups is 1. The quantitative estimate of drug-likeness (QED) is 0.509. The number of nitrogens with zero attached hydrogens (tertiary/aromatic N) is 1. The second-order valence-corrected chi connectivity index (χ2v) is 5.06. The standard InChI is InChI=1S/C15H15N3O2S/c1-10-5-3-6-12(9-10)16-15(21)17-13-7-4-8-14(11(13)2)18(19)20/h3-9H,1-2H3,(H2,16,17,21). The van der Waals surface area contributed by atoms with Crippen molar-refractivity contribution >= 4 is 34.4 Å². The summed E-state index contributed by atoms with van der Waals surface area (Å²) in [4.78, 5) is 10.5. The Labute approximate surface area is 128 Å². The summed E-state index contributed by atoms with van der Waals surface area (Å²) in [6.07, 6.45) is 0. The fourth-order valence-electron chi connectivity index (χ4n) is 1.96. The molecule has 0 heterocycles. The van der Waals surface area contributed by atoms with Gasteiger partial charge in [-0.25, -0.2) is 0 Å². The zero-order chi connectivity index (χ0) is 15.4. The highest BCUT2D eigenvalue weighted by Gasteiger charge is 2.13. The van der Waals surface area contributed by atoms with Crippen LogP contribution in [0.2, 0.25) is 0 Å². The van der Waals surface area contributed by atoms with Crippen LogP contribution in [0.3, 0.4) is 0 Å². The van der Waals surface area contributed by atoms with E-state index < -0.39 is 4.92 Å². The van der Waals surface area contributed by atoms with Crippen molar-refractivity contribution in [3.05, 3.63) is 63.7 Å². The molecule has 0 amide bonds. The molecule has 0 fully saturated rings. The topological polar surface area (TPSA) is 67.2 Å². The smallest absolute Gasteiger partial charge is 0.274 e. The third-order valence-electron chi connectivity index (χ3n) is 3.03. The molecule has 6 heteroatoms. The minimum atomic E-state index is -0.405. The van der Waals surface area contributed by atoms with Crippen molar-refractivity contribution in [2.24, 2.45) is 0 Å². The molecule has 0 radical (unpaired) electrons. The molecule has 0 unspecified atom stereocenters. The van der Waals surface area contributed by atoms with Crippen molar-refractivity contribution in [3.8, 4) is 0 Å². The predicted octanol–water partition coefficient (Wildman–Crippen LogP) is 4.02. The highest BCUT2D eigenvalue weighted by molar-refractivity contribution is 7.80. The number of nitro benzene ring substituents is 1. The summed E-state index contributed by atoms with van der Waals surface area (Å²) in [5.74, 6) is 0. The molecule has 21 heavy (non-hydrogen) atoms. The molecule has 5 nitrogen and oxygen atoms in total. The van der Waals surface area contributed by atoms with Crippen molar-refractivity contribution < 1.29 is 4.92 Å². The summed E-state index contributed by atoms with van der Waals surface area (Å²) in [6, 6.07) is 12.6. The summed E-state index contributed by atoms with van der Waals surface area (Å²) >= 11 is 5.24. The van der Waals surface area contributed by atoms with Crippen molar-refractivity contribution in [2.75, 3.05) is 10.6 Å². The number of rotatable bonds is 3. The Bertz CT molecular complexity index is 701. The summed E-state index contributed by atoms with van der Waals surface area (Å²) in [6.45, 7) is 3.68. The molecule has 2 aromatic rings. The molecule has 0 saturated heterocycles. The molecule has 0 aliphatic heterocycles. The molecule has 0 spiro atoms. The Balaban J connectivity index is 2.13. The van der Waals surface area contributed by atoms with Gasteiger partial charge in [-0.15, -0.1) is 0 Å². The van der Waals surface area contributed by atoms with Gasteiger partial charge in [0.15, 0.2) is 5.11 Å². The molecule has 0 bridgehead atoms. The van der Waals surface area contributed by atoms with E-state index >= 15 is 0 Å². The predicted molar refractivity (Wildman–Crippen MR) is 88.9 cm³/mol. The van der Waals surface area contributed by atoms with Crippen LogP contribution in [0.5, 0.6) is 0 Å². The summed E-state index contributed by atoms with van der Waals surface area (Å²) in [7, 11) is 0. The normalized spacial score (nSPS) is 10.0. The van der Waals surface area contributed by atoms with Crippen LogP contribution < -0.4 is 10.6 Å². The Hall–Kier alpha value is -2.47. The van der Waals surface area contributed by atoms with E-state index in [1.54, 1.807) is 19.1 Å². The lowest BCUT2D eigenvalue weighted by molar-refractivity contribution is -0.385. The van der Waals surface area contributed by atoms with Gasteiger partial charge in [-0.3, -0.25) is 10.1 Å². The summed E-state index contributed by atoms with van der Waals surface area (Å²) in [5, 5.41) is 17.4. The van der Waals surface area contributed by atoms with E-state index in [2.05, 4.69) is 10.6 Å². The molecule has 0 aliphatic carbocycles. The van der Waals surface area contributed by atoms with Crippen molar-refractivity contribution in [3.63, 3.8) is 0 Å². The number of aryl methyl sites for hydroxylation is 1. The van der Waals surface area contributed by atoms with Gasteiger partial charge >= 0.3 is 0 Å². The fraction of sp³-hybridized carbons (Fsp3) is 0.133. The average molecular weight is 301 g/mol. The first-order valence-corrected chi connectivity index (χ1v) is 6.77. The Morgan fingerprint density at radius 3 is 2.52 bits per heavy atom. The van der Waals surface area contributed by atoms with E-state index in [9.17, 15) is 10.1 Å². The first kappa shape index (κ1) is 14.9. The highest BCUT2D eigenvalue weighted by atomic mass is 32.1. The molecule has 0 saturated carbocycles. The minimum Gasteiger partial charge on any atom is -0.332 e. The molecule has 2 rings (SSSR count). The Morgan fingerprint density at radius 2 is 1.86 bits per heavy atom. The van der Waals surface area contributed by atoms with Gasteiger partial charge in [-0.1, -0.05) is 18.2 Å². The molecule has 2 N–H and O–H groups in total. The first-order chi connectivity index (χ1) is 9.97. The van der Waals surface area contributed by atoms with Gasteiger partial charge in [0.2, 0.25) is 0 Å². The van der Waals surface area contributed by atoms with E-state index in [1.165, 1.54) is 6.07 Å². The van der Waals surface area contributed by atoms with E-state index in [0.717, 1.165) is 11.3 Å². The maximum Gasteiger partial charge on any atom is 0.274 e. The number of nitrogens with one attached hydrogen (secondary N) is 2. The van der Waals surface area contributed by atoms with E-state index in [4.69, 9.17) is 12.2 Å². The zero-order valence-electron chi connectivity index (χ0n) is 11.7. The Morgan fingerprint density at radius 1 is 1.14 bits per heavy atom. The number of hydrogen-bond donors (Lipinski definition) is 2. The largest absolute Gasteiger partial charge is 0.332 e. The van der Waals surface area contributed by atoms with Crippen molar-refractivity contribution in [2.45, 2.75) is 13.8 Å². The molecular formula is C15H15N3O2S. The highest BCUT2D eigenvalue weighted by Crippen LogP contribution is 2.25. The number of benzene rings is 2. The van der Waals surface area contributed by atoms with Gasteiger partial charge < -0.3 is 10.6 Å². The van der Waals surface area contributed by atoms with Crippen LogP contribution >= 0.6 is 12.2 Å². The lowest BCUT2D eigenvalue weighted by Crippen LogP contribution is -2.19. The van der Waals surface area contributed by atoms with Crippen molar-refractivity contribution in [1.82, 2.24) is 0 Å². The zero-order valence-corrected chi connectivity index (χ0v) is 12.5. The summed E-state index contributed by atoms with van der Waals surface area (Å²) < 4.78 is 0. The SMILES string of the molecule is Cc1cccc(NC(=S)Nc2cccc([N+](=O)[O-])c2C)c1. The second-order valence-electron chi connectivity index (χ2n) is 4.66. The number of anilines is 2. The minimum absolute atomic E-state index is 0.0679. The van der Waals surface area contributed by atoms with Crippen LogP contribution in [-0.2, 0) is 0 Å². The van der Waals surface area contributed by atoms with E-state index in [0.29, 0.717) is 16.4 Å².